The highest BCUT2D eigenvalue weighted by Crippen LogP contribution is 2.22. The highest BCUT2D eigenvalue weighted by atomic mass is 15.0. The van der Waals surface area contributed by atoms with Crippen LogP contribution in [-0.2, 0) is 20.5 Å². The van der Waals surface area contributed by atoms with Crippen LogP contribution in [0.2, 0.25) is 0 Å². The molecule has 0 atom stereocenters. The van der Waals surface area contributed by atoms with Gasteiger partial charge in [0.15, 0.2) is 11.6 Å². The van der Waals surface area contributed by atoms with Gasteiger partial charge in [-0.3, -0.25) is 0 Å². The van der Waals surface area contributed by atoms with Gasteiger partial charge in [0, 0.05) is 61.0 Å². The van der Waals surface area contributed by atoms with Crippen molar-refractivity contribution in [1.82, 2.24) is 28.1 Å². The Hall–Kier alpha value is -3.91. The number of fused-ring (bicyclic) bond motifs is 1. The molecule has 0 unspecified atom stereocenters. The van der Waals surface area contributed by atoms with E-state index in [1.807, 2.05) is 63.0 Å². The molecule has 0 radical (unpaired) electrons. The highest BCUT2D eigenvalue weighted by molar-refractivity contribution is 6.14. The standard InChI is InChI=1S/C21H22B2N8/c1-5-15-17-16(18(31(15)23)13(10-24)20-26-6-8-28(20)3)12(2)30(22)19(17)14(11-25)21-27-7-9-29(21)4/h6-9H,5,22-23H2,1-4H3/b18-13-,19-14-. The van der Waals surface area contributed by atoms with Crippen LogP contribution in [0.15, 0.2) is 24.8 Å². The maximum Gasteiger partial charge on any atom is 0.223 e. The molecule has 152 valence electrons. The lowest BCUT2D eigenvalue weighted by molar-refractivity contribution is 0.887. The third kappa shape index (κ3) is 2.76. The van der Waals surface area contributed by atoms with Crippen LogP contribution in [0.3, 0.4) is 0 Å². The fourth-order valence-corrected chi connectivity index (χ4v) is 4.47. The zero-order valence-corrected chi connectivity index (χ0v) is 18.6. The van der Waals surface area contributed by atoms with Gasteiger partial charge in [0.2, 0.25) is 16.0 Å². The average Bonchev–Trinajstić information content (AvgIpc) is 3.48. The van der Waals surface area contributed by atoms with Crippen LogP contribution in [-0.4, -0.2) is 44.0 Å². The van der Waals surface area contributed by atoms with Crippen molar-refractivity contribution < 1.29 is 0 Å². The molecule has 4 aromatic heterocycles. The van der Waals surface area contributed by atoms with E-state index in [9.17, 15) is 10.5 Å². The predicted molar refractivity (Wildman–Crippen MR) is 124 cm³/mol. The van der Waals surface area contributed by atoms with Crippen molar-refractivity contribution in [2.75, 3.05) is 0 Å². The number of rotatable bonds is 3. The molecule has 8 nitrogen and oxygen atoms in total. The maximum absolute atomic E-state index is 10.1. The number of hydrogen-bond acceptors (Lipinski definition) is 4. The Morgan fingerprint density at radius 1 is 0.903 bits per heavy atom. The fraction of sp³-hybridized carbons (Fsp3) is 0.238. The Morgan fingerprint density at radius 2 is 1.39 bits per heavy atom. The third-order valence-corrected chi connectivity index (χ3v) is 6.07. The predicted octanol–water partition coefficient (Wildman–Crippen LogP) is -0.982. The van der Waals surface area contributed by atoms with Gasteiger partial charge in [0.1, 0.15) is 23.3 Å². The molecule has 4 rings (SSSR count). The van der Waals surface area contributed by atoms with Gasteiger partial charge in [-0.25, -0.2) is 9.97 Å². The van der Waals surface area contributed by atoms with Gasteiger partial charge in [-0.1, -0.05) is 6.92 Å². The second kappa shape index (κ2) is 7.41. The minimum Gasteiger partial charge on any atom is -0.395 e. The molecule has 4 heterocycles. The topological polar surface area (TPSA) is 93.1 Å². The van der Waals surface area contributed by atoms with Gasteiger partial charge >= 0.3 is 0 Å². The highest BCUT2D eigenvalue weighted by Gasteiger charge is 2.23. The summed E-state index contributed by atoms with van der Waals surface area (Å²) in [7, 11) is 7.70. The van der Waals surface area contributed by atoms with Gasteiger partial charge in [-0.15, -0.1) is 0 Å². The van der Waals surface area contributed by atoms with E-state index in [-0.39, 0.29) is 0 Å². The van der Waals surface area contributed by atoms with Gasteiger partial charge in [-0.2, -0.15) is 10.5 Å². The van der Waals surface area contributed by atoms with E-state index in [0.717, 1.165) is 39.3 Å². The summed E-state index contributed by atoms with van der Waals surface area (Å²) in [5.41, 5.74) is 3.07. The van der Waals surface area contributed by atoms with Crippen molar-refractivity contribution in [3.63, 3.8) is 0 Å². The lowest BCUT2D eigenvalue weighted by Gasteiger charge is -2.08. The number of imidazole rings is 2. The summed E-state index contributed by atoms with van der Waals surface area (Å²) < 4.78 is 7.81. The summed E-state index contributed by atoms with van der Waals surface area (Å²) in [6, 6.07) is 4.77. The Kier molecular flexibility index (Phi) is 4.87. The first-order valence-corrected chi connectivity index (χ1v) is 10.0. The maximum atomic E-state index is 10.1. The zero-order chi connectivity index (χ0) is 22.4. The Balaban J connectivity index is 2.36. The van der Waals surface area contributed by atoms with Crippen LogP contribution in [0, 0.1) is 29.6 Å². The summed E-state index contributed by atoms with van der Waals surface area (Å²) in [4.78, 5) is 8.84. The van der Waals surface area contributed by atoms with Crippen molar-refractivity contribution in [3.8, 4) is 12.1 Å². The van der Waals surface area contributed by atoms with Gasteiger partial charge < -0.3 is 18.1 Å². The van der Waals surface area contributed by atoms with E-state index in [2.05, 4.69) is 33.5 Å². The molecule has 0 spiro atoms. The Morgan fingerprint density at radius 3 is 1.77 bits per heavy atom. The van der Waals surface area contributed by atoms with Crippen LogP contribution in [0.1, 0.15) is 30.0 Å². The summed E-state index contributed by atoms with van der Waals surface area (Å²) in [5, 5.41) is 23.8. The van der Waals surface area contributed by atoms with E-state index in [1.165, 1.54) is 0 Å². The molecule has 0 aliphatic heterocycles. The molecule has 0 fully saturated rings. The Labute approximate surface area is 181 Å². The molecule has 0 saturated carbocycles. The van der Waals surface area contributed by atoms with E-state index in [0.29, 0.717) is 22.8 Å². The van der Waals surface area contributed by atoms with E-state index >= 15 is 0 Å². The first kappa shape index (κ1) is 20.4. The van der Waals surface area contributed by atoms with E-state index < -0.39 is 0 Å². The first-order valence-electron chi connectivity index (χ1n) is 10.0. The molecule has 0 aliphatic carbocycles. The quantitative estimate of drug-likeness (QED) is 0.408. The average molecular weight is 408 g/mol. The molecule has 0 N–H and O–H groups in total. The van der Waals surface area contributed by atoms with Crippen LogP contribution >= 0.6 is 0 Å². The second-order valence-electron chi connectivity index (χ2n) is 7.65. The number of aromatic nitrogens is 6. The lowest BCUT2D eigenvalue weighted by Crippen LogP contribution is -2.25. The molecule has 0 aromatic carbocycles. The van der Waals surface area contributed by atoms with E-state index in [1.54, 1.807) is 12.4 Å². The molecular formula is C21H22B2N8. The monoisotopic (exact) mass is 408 g/mol. The molecule has 0 bridgehead atoms. The normalized spacial score (nSPS) is 13.2. The van der Waals surface area contributed by atoms with Crippen molar-refractivity contribution >= 4 is 37.9 Å². The van der Waals surface area contributed by atoms with Gasteiger partial charge in [0.05, 0.1) is 10.7 Å². The van der Waals surface area contributed by atoms with Crippen molar-refractivity contribution in [3.05, 3.63) is 58.5 Å². The van der Waals surface area contributed by atoms with Crippen molar-refractivity contribution in [2.24, 2.45) is 14.1 Å². The van der Waals surface area contributed by atoms with Crippen LogP contribution < -0.4 is 10.7 Å². The van der Waals surface area contributed by atoms with Gasteiger partial charge in [0.25, 0.3) is 0 Å². The fourth-order valence-electron chi connectivity index (χ4n) is 4.47. The molecule has 31 heavy (non-hydrogen) atoms. The minimum absolute atomic E-state index is 0.510. The molecule has 0 amide bonds. The SMILES string of the molecule is Bn1c(C)c2/c(=C(\C#N)c3nccn3C)n(B)c(CC)c2/c1=C(\C#N)c1nccn1C. The summed E-state index contributed by atoms with van der Waals surface area (Å²) >= 11 is 0. The Bertz CT molecular complexity index is 1480. The minimum atomic E-state index is 0.510. The molecule has 0 saturated heterocycles. The van der Waals surface area contributed by atoms with E-state index in [4.69, 9.17) is 0 Å². The lowest BCUT2D eigenvalue weighted by atomic mass is 10.1. The summed E-state index contributed by atoms with van der Waals surface area (Å²) in [6.07, 6.45) is 7.81. The number of nitriles is 2. The smallest absolute Gasteiger partial charge is 0.223 e. The molecule has 0 aliphatic rings. The summed E-state index contributed by atoms with van der Waals surface area (Å²) in [5.74, 6) is 1.23. The van der Waals surface area contributed by atoms with Crippen LogP contribution in [0.25, 0.3) is 21.9 Å². The third-order valence-electron chi connectivity index (χ3n) is 6.07. The molecule has 10 heteroatoms. The van der Waals surface area contributed by atoms with Crippen molar-refractivity contribution in [1.29, 1.82) is 10.5 Å². The second-order valence-corrected chi connectivity index (χ2v) is 7.65. The molecule has 4 aromatic rings. The zero-order valence-electron chi connectivity index (χ0n) is 18.6. The van der Waals surface area contributed by atoms with Gasteiger partial charge in [-0.05, 0) is 13.3 Å². The number of hydrogen-bond donors (Lipinski definition) is 0. The van der Waals surface area contributed by atoms with Crippen LogP contribution in [0.5, 0.6) is 0 Å². The number of aryl methyl sites for hydroxylation is 4. The first-order chi connectivity index (χ1) is 14.9. The largest absolute Gasteiger partial charge is 0.395 e. The number of nitrogens with zero attached hydrogens (tertiary/aromatic N) is 8. The summed E-state index contributed by atoms with van der Waals surface area (Å²) in [6.45, 7) is 4.11. The van der Waals surface area contributed by atoms with Crippen molar-refractivity contribution in [2.45, 2.75) is 20.3 Å². The molecular weight excluding hydrogens is 386 g/mol. The van der Waals surface area contributed by atoms with Crippen LogP contribution in [0.4, 0.5) is 0 Å².